The van der Waals surface area contributed by atoms with Crippen molar-refractivity contribution in [2.75, 3.05) is 18.0 Å². The summed E-state index contributed by atoms with van der Waals surface area (Å²) in [7, 11) is 0. The second kappa shape index (κ2) is 6.14. The van der Waals surface area contributed by atoms with Gasteiger partial charge in [0.15, 0.2) is 5.84 Å². The molecule has 5 heteroatoms. The van der Waals surface area contributed by atoms with E-state index in [4.69, 9.17) is 22.5 Å². The molecule has 0 amide bonds. The van der Waals surface area contributed by atoms with E-state index in [1.165, 1.54) is 12.8 Å². The first kappa shape index (κ1) is 16.0. The van der Waals surface area contributed by atoms with Gasteiger partial charge in [-0.3, -0.25) is 0 Å². The van der Waals surface area contributed by atoms with Crippen molar-refractivity contribution in [1.82, 2.24) is 0 Å². The van der Waals surface area contributed by atoms with Gasteiger partial charge in [-0.15, -0.1) is 0 Å². The highest BCUT2D eigenvalue weighted by Gasteiger charge is 2.28. The Labute approximate surface area is 131 Å². The summed E-state index contributed by atoms with van der Waals surface area (Å²) in [5, 5.41) is 12.2. The van der Waals surface area contributed by atoms with Crippen molar-refractivity contribution in [3.05, 3.63) is 28.8 Å². The Balaban J connectivity index is 2.09. The van der Waals surface area contributed by atoms with Crippen LogP contribution in [0.4, 0.5) is 5.69 Å². The highest BCUT2D eigenvalue weighted by Crippen LogP contribution is 2.36. The van der Waals surface area contributed by atoms with Gasteiger partial charge in [0.1, 0.15) is 0 Å². The maximum atomic E-state index is 8.73. The molecule has 4 nitrogen and oxygen atoms in total. The Bertz CT molecular complexity index is 529. The zero-order valence-corrected chi connectivity index (χ0v) is 13.7. The van der Waals surface area contributed by atoms with E-state index >= 15 is 0 Å². The van der Waals surface area contributed by atoms with E-state index in [1.54, 1.807) is 0 Å². The molecule has 1 saturated heterocycles. The zero-order valence-electron chi connectivity index (χ0n) is 12.9. The molecule has 21 heavy (non-hydrogen) atoms. The Hall–Kier alpha value is -1.42. The Morgan fingerprint density at radius 1 is 1.33 bits per heavy atom. The lowest BCUT2D eigenvalue weighted by Gasteiger charge is -2.39. The third kappa shape index (κ3) is 3.62. The minimum absolute atomic E-state index is 0.0398. The van der Waals surface area contributed by atoms with Crippen LogP contribution in [-0.2, 0) is 0 Å². The molecule has 1 fully saturated rings. The molecule has 2 rings (SSSR count). The highest BCUT2D eigenvalue weighted by molar-refractivity contribution is 6.34. The van der Waals surface area contributed by atoms with Gasteiger partial charge in [-0.25, -0.2) is 0 Å². The number of anilines is 1. The molecule has 1 aliphatic rings. The summed E-state index contributed by atoms with van der Waals surface area (Å²) >= 11 is 6.22. The van der Waals surface area contributed by atoms with Crippen LogP contribution in [0.15, 0.2) is 23.4 Å². The molecule has 0 spiro atoms. The molecule has 1 aromatic carbocycles. The van der Waals surface area contributed by atoms with E-state index in [9.17, 15) is 0 Å². The summed E-state index contributed by atoms with van der Waals surface area (Å²) in [5.74, 6) is 0.804. The predicted octanol–water partition coefficient (Wildman–Crippen LogP) is 3.70. The third-order valence-electron chi connectivity index (χ3n) is 4.42. The van der Waals surface area contributed by atoms with Crippen molar-refractivity contribution in [1.29, 1.82) is 0 Å². The number of oxime groups is 1. The maximum absolute atomic E-state index is 8.73. The van der Waals surface area contributed by atoms with E-state index < -0.39 is 0 Å². The lowest BCUT2D eigenvalue weighted by atomic mass is 9.75. The number of nitrogens with two attached hydrogens (primary N) is 1. The molecule has 0 saturated carbocycles. The van der Waals surface area contributed by atoms with Gasteiger partial charge in [0.25, 0.3) is 0 Å². The fourth-order valence-electron chi connectivity index (χ4n) is 2.97. The van der Waals surface area contributed by atoms with Crippen molar-refractivity contribution in [2.24, 2.45) is 22.2 Å². The Morgan fingerprint density at radius 3 is 2.43 bits per heavy atom. The normalized spacial score (nSPS) is 18.1. The summed E-state index contributed by atoms with van der Waals surface area (Å²) in [6.45, 7) is 9.03. The van der Waals surface area contributed by atoms with E-state index in [-0.39, 0.29) is 5.84 Å². The molecule has 1 heterocycles. The largest absolute Gasteiger partial charge is 0.409 e. The molecule has 1 aromatic rings. The molecule has 0 aromatic heterocycles. The number of hydrogen-bond donors (Lipinski definition) is 2. The monoisotopic (exact) mass is 309 g/mol. The highest BCUT2D eigenvalue weighted by atomic mass is 35.5. The molecule has 116 valence electrons. The van der Waals surface area contributed by atoms with Gasteiger partial charge in [0.2, 0.25) is 0 Å². The average Bonchev–Trinajstić information content (AvgIpc) is 2.45. The maximum Gasteiger partial charge on any atom is 0.171 e. The van der Waals surface area contributed by atoms with Crippen molar-refractivity contribution in [2.45, 2.75) is 33.6 Å². The van der Waals surface area contributed by atoms with Crippen LogP contribution in [0.5, 0.6) is 0 Å². The summed E-state index contributed by atoms with van der Waals surface area (Å²) in [6.07, 6.45) is 2.40. The van der Waals surface area contributed by atoms with Crippen LogP contribution in [0, 0.1) is 11.3 Å². The summed E-state index contributed by atoms with van der Waals surface area (Å²) in [5.41, 5.74) is 7.63. The van der Waals surface area contributed by atoms with Gasteiger partial charge in [-0.2, -0.15) is 0 Å². The van der Waals surface area contributed by atoms with Gasteiger partial charge < -0.3 is 15.8 Å². The van der Waals surface area contributed by atoms with Crippen LogP contribution in [0.25, 0.3) is 0 Å². The van der Waals surface area contributed by atoms with Crippen molar-refractivity contribution >= 4 is 23.1 Å². The lowest BCUT2D eigenvalue weighted by Crippen LogP contribution is -2.38. The Kier molecular flexibility index (Phi) is 4.67. The topological polar surface area (TPSA) is 61.8 Å². The van der Waals surface area contributed by atoms with E-state index in [0.29, 0.717) is 16.0 Å². The fraction of sp³-hybridized carbons (Fsp3) is 0.562. The SMILES string of the molecule is CC(C)(C)C1CCN(c2ccc(C(N)=NO)c(Cl)c2)CC1. The first-order valence-electron chi connectivity index (χ1n) is 7.35. The summed E-state index contributed by atoms with van der Waals surface area (Å²) in [6, 6.07) is 5.69. The third-order valence-corrected chi connectivity index (χ3v) is 4.73. The number of piperidine rings is 1. The lowest BCUT2D eigenvalue weighted by molar-refractivity contribution is 0.199. The van der Waals surface area contributed by atoms with Crippen molar-refractivity contribution < 1.29 is 5.21 Å². The van der Waals surface area contributed by atoms with Crippen LogP contribution in [0.3, 0.4) is 0 Å². The first-order chi connectivity index (χ1) is 9.82. The smallest absolute Gasteiger partial charge is 0.171 e. The predicted molar refractivity (Wildman–Crippen MR) is 88.4 cm³/mol. The van der Waals surface area contributed by atoms with Crippen LogP contribution in [-0.4, -0.2) is 24.1 Å². The fourth-order valence-corrected chi connectivity index (χ4v) is 3.24. The summed E-state index contributed by atoms with van der Waals surface area (Å²) in [4.78, 5) is 2.35. The van der Waals surface area contributed by atoms with Gasteiger partial charge in [-0.1, -0.05) is 37.5 Å². The van der Waals surface area contributed by atoms with Gasteiger partial charge in [-0.05, 0) is 42.4 Å². The molecule has 0 aliphatic carbocycles. The standard InChI is InChI=1S/C16H24ClN3O/c1-16(2,3)11-6-8-20(9-7-11)12-4-5-13(14(17)10-12)15(18)19-21/h4-5,10-11,21H,6-9H2,1-3H3,(H2,18,19). The first-order valence-corrected chi connectivity index (χ1v) is 7.73. The summed E-state index contributed by atoms with van der Waals surface area (Å²) < 4.78 is 0. The molecule has 0 unspecified atom stereocenters. The molecular weight excluding hydrogens is 286 g/mol. The van der Waals surface area contributed by atoms with Gasteiger partial charge in [0.05, 0.1) is 5.02 Å². The molecule has 0 bridgehead atoms. The van der Waals surface area contributed by atoms with Gasteiger partial charge in [0, 0.05) is 24.3 Å². The molecule has 3 N–H and O–H groups in total. The number of amidine groups is 1. The Morgan fingerprint density at radius 2 is 1.95 bits per heavy atom. The number of benzene rings is 1. The quantitative estimate of drug-likeness (QED) is 0.379. The second-order valence-corrected chi connectivity index (χ2v) is 7.18. The molecule has 0 radical (unpaired) electrons. The number of nitrogens with zero attached hydrogens (tertiary/aromatic N) is 2. The number of rotatable bonds is 2. The molecule has 0 atom stereocenters. The van der Waals surface area contributed by atoms with Crippen LogP contribution >= 0.6 is 11.6 Å². The average molecular weight is 310 g/mol. The van der Waals surface area contributed by atoms with Gasteiger partial charge >= 0.3 is 0 Å². The molecular formula is C16H24ClN3O. The van der Waals surface area contributed by atoms with Crippen molar-refractivity contribution in [3.8, 4) is 0 Å². The van der Waals surface area contributed by atoms with Crippen LogP contribution in [0.2, 0.25) is 5.02 Å². The molecule has 1 aliphatic heterocycles. The number of hydrogen-bond acceptors (Lipinski definition) is 3. The van der Waals surface area contributed by atoms with Crippen molar-refractivity contribution in [3.63, 3.8) is 0 Å². The van der Waals surface area contributed by atoms with E-state index in [0.717, 1.165) is 24.7 Å². The van der Waals surface area contributed by atoms with Crippen LogP contribution < -0.4 is 10.6 Å². The second-order valence-electron chi connectivity index (χ2n) is 6.78. The van der Waals surface area contributed by atoms with E-state index in [2.05, 4.69) is 30.8 Å². The minimum atomic E-state index is 0.0398. The number of halogens is 1. The van der Waals surface area contributed by atoms with E-state index in [1.807, 2.05) is 18.2 Å². The minimum Gasteiger partial charge on any atom is -0.409 e. The zero-order chi connectivity index (χ0) is 15.6. The van der Waals surface area contributed by atoms with Crippen LogP contribution in [0.1, 0.15) is 39.2 Å².